The molecule has 16 heavy (non-hydrogen) atoms. The van der Waals surface area contributed by atoms with Crippen LogP contribution in [0.3, 0.4) is 0 Å². The van der Waals surface area contributed by atoms with Gasteiger partial charge in [0.2, 0.25) is 0 Å². The Morgan fingerprint density at radius 1 is 1.44 bits per heavy atom. The number of rotatable bonds is 5. The van der Waals surface area contributed by atoms with Crippen LogP contribution in [0.15, 0.2) is 23.1 Å². The second-order valence-electron chi connectivity index (χ2n) is 4.09. The molecule has 0 aliphatic carbocycles. The lowest BCUT2D eigenvalue weighted by molar-refractivity contribution is 0.340. The van der Waals surface area contributed by atoms with Crippen molar-refractivity contribution in [2.45, 2.75) is 30.4 Å². The Bertz CT molecular complexity index is 355. The van der Waals surface area contributed by atoms with Gasteiger partial charge in [0.05, 0.1) is 11.6 Å². The topological polar surface area (TPSA) is 35.2 Å². The van der Waals surface area contributed by atoms with E-state index in [1.54, 1.807) is 11.8 Å². The summed E-state index contributed by atoms with van der Waals surface area (Å²) in [5.41, 5.74) is 5.69. The molecular weight excluding hydrogens is 242 g/mol. The molecule has 1 rings (SSSR count). The molecule has 2 N–H and O–H groups in total. The predicted molar refractivity (Wildman–Crippen MR) is 71.6 cm³/mol. The smallest absolute Gasteiger partial charge is 0.137 e. The fraction of sp³-hybridized carbons (Fsp3) is 0.500. The first-order chi connectivity index (χ1) is 7.48. The number of hydrogen-bond acceptors (Lipinski definition) is 3. The second kappa shape index (κ2) is 5.80. The molecule has 0 unspecified atom stereocenters. The maximum atomic E-state index is 6.11. The number of ether oxygens (including phenoxy) is 1. The SMILES string of the molecule is CCOc1ccc(SC(C)(C)CN)cc1Cl. The monoisotopic (exact) mass is 259 g/mol. The maximum Gasteiger partial charge on any atom is 0.137 e. The van der Waals surface area contributed by atoms with Gasteiger partial charge in [-0.15, -0.1) is 11.8 Å². The van der Waals surface area contributed by atoms with Crippen LogP contribution in [-0.2, 0) is 0 Å². The van der Waals surface area contributed by atoms with E-state index in [2.05, 4.69) is 13.8 Å². The molecule has 1 aromatic rings. The van der Waals surface area contributed by atoms with Gasteiger partial charge >= 0.3 is 0 Å². The summed E-state index contributed by atoms with van der Waals surface area (Å²) in [6, 6.07) is 5.84. The van der Waals surface area contributed by atoms with Crippen LogP contribution in [0.5, 0.6) is 5.75 Å². The van der Waals surface area contributed by atoms with Gasteiger partial charge in [-0.1, -0.05) is 11.6 Å². The van der Waals surface area contributed by atoms with E-state index in [4.69, 9.17) is 22.1 Å². The van der Waals surface area contributed by atoms with Crippen molar-refractivity contribution in [2.75, 3.05) is 13.2 Å². The third-order valence-corrected chi connectivity index (χ3v) is 3.59. The van der Waals surface area contributed by atoms with Crippen LogP contribution in [-0.4, -0.2) is 17.9 Å². The first kappa shape index (κ1) is 13.7. The first-order valence-electron chi connectivity index (χ1n) is 5.30. The van der Waals surface area contributed by atoms with Gasteiger partial charge in [-0.2, -0.15) is 0 Å². The molecule has 90 valence electrons. The Morgan fingerprint density at radius 3 is 2.62 bits per heavy atom. The van der Waals surface area contributed by atoms with Gasteiger partial charge in [-0.05, 0) is 39.0 Å². The number of halogens is 1. The summed E-state index contributed by atoms with van der Waals surface area (Å²) in [5.74, 6) is 0.735. The number of benzene rings is 1. The van der Waals surface area contributed by atoms with Gasteiger partial charge < -0.3 is 10.5 Å². The van der Waals surface area contributed by atoms with Gasteiger partial charge in [-0.3, -0.25) is 0 Å². The zero-order chi connectivity index (χ0) is 12.2. The third-order valence-electron chi connectivity index (χ3n) is 2.09. The van der Waals surface area contributed by atoms with Crippen molar-refractivity contribution >= 4 is 23.4 Å². The molecule has 0 aliphatic rings. The fourth-order valence-corrected chi connectivity index (χ4v) is 2.51. The Kier molecular flexibility index (Phi) is 4.96. The van der Waals surface area contributed by atoms with Gasteiger partial charge in [-0.25, -0.2) is 0 Å². The molecule has 0 aliphatic heterocycles. The van der Waals surface area contributed by atoms with Gasteiger partial charge in [0.25, 0.3) is 0 Å². The summed E-state index contributed by atoms with van der Waals surface area (Å²) in [5, 5.41) is 0.652. The number of hydrogen-bond donors (Lipinski definition) is 1. The Labute approximate surface area is 107 Å². The van der Waals surface area contributed by atoms with Crippen LogP contribution in [0.2, 0.25) is 5.02 Å². The second-order valence-corrected chi connectivity index (χ2v) is 6.28. The Balaban J connectivity index is 2.81. The largest absolute Gasteiger partial charge is 0.492 e. The summed E-state index contributed by atoms with van der Waals surface area (Å²) < 4.78 is 5.41. The van der Waals surface area contributed by atoms with Gasteiger partial charge in [0, 0.05) is 16.2 Å². The number of nitrogens with two attached hydrogens (primary N) is 1. The van der Waals surface area contributed by atoms with Crippen molar-refractivity contribution < 1.29 is 4.74 Å². The molecule has 4 heteroatoms. The molecule has 0 saturated heterocycles. The van der Waals surface area contributed by atoms with E-state index in [1.165, 1.54) is 0 Å². The maximum absolute atomic E-state index is 6.11. The third kappa shape index (κ3) is 3.89. The molecule has 0 fully saturated rings. The molecule has 0 spiro atoms. The highest BCUT2D eigenvalue weighted by Crippen LogP contribution is 2.35. The van der Waals surface area contributed by atoms with E-state index >= 15 is 0 Å². The van der Waals surface area contributed by atoms with E-state index in [0.717, 1.165) is 10.6 Å². The van der Waals surface area contributed by atoms with Crippen molar-refractivity contribution in [1.82, 2.24) is 0 Å². The van der Waals surface area contributed by atoms with E-state index in [9.17, 15) is 0 Å². The Hall–Kier alpha value is -0.380. The van der Waals surface area contributed by atoms with E-state index < -0.39 is 0 Å². The summed E-state index contributed by atoms with van der Waals surface area (Å²) >= 11 is 7.83. The first-order valence-corrected chi connectivity index (χ1v) is 6.49. The van der Waals surface area contributed by atoms with Crippen LogP contribution in [0, 0.1) is 0 Å². The minimum Gasteiger partial charge on any atom is -0.492 e. The lowest BCUT2D eigenvalue weighted by Gasteiger charge is -2.21. The molecule has 0 heterocycles. The van der Waals surface area contributed by atoms with Crippen LogP contribution in [0.1, 0.15) is 20.8 Å². The minimum atomic E-state index is 0.0243. The summed E-state index contributed by atoms with van der Waals surface area (Å²) in [7, 11) is 0. The summed E-state index contributed by atoms with van der Waals surface area (Å²) in [6.07, 6.45) is 0. The van der Waals surface area contributed by atoms with Crippen LogP contribution >= 0.6 is 23.4 Å². The standard InChI is InChI=1S/C12H18ClNOS/c1-4-15-11-6-5-9(7-10(11)13)16-12(2,3)8-14/h5-7H,4,8,14H2,1-3H3. The highest BCUT2D eigenvalue weighted by molar-refractivity contribution is 8.00. The van der Waals surface area contributed by atoms with Crippen LogP contribution in [0.25, 0.3) is 0 Å². The summed E-state index contributed by atoms with van der Waals surface area (Å²) in [6.45, 7) is 7.42. The summed E-state index contributed by atoms with van der Waals surface area (Å²) in [4.78, 5) is 1.11. The molecule has 0 bridgehead atoms. The minimum absolute atomic E-state index is 0.0243. The molecule has 0 aromatic heterocycles. The molecule has 0 atom stereocenters. The van der Waals surface area contributed by atoms with E-state index in [1.807, 2.05) is 25.1 Å². The Morgan fingerprint density at radius 2 is 2.12 bits per heavy atom. The highest BCUT2D eigenvalue weighted by Gasteiger charge is 2.17. The lowest BCUT2D eigenvalue weighted by atomic mass is 10.2. The van der Waals surface area contributed by atoms with Crippen molar-refractivity contribution in [3.05, 3.63) is 23.2 Å². The molecule has 0 saturated carbocycles. The van der Waals surface area contributed by atoms with Crippen molar-refractivity contribution in [1.29, 1.82) is 0 Å². The van der Waals surface area contributed by atoms with Crippen LogP contribution < -0.4 is 10.5 Å². The molecule has 1 aromatic carbocycles. The average Bonchev–Trinajstić information content (AvgIpc) is 2.22. The van der Waals surface area contributed by atoms with Crippen molar-refractivity contribution in [3.8, 4) is 5.75 Å². The lowest BCUT2D eigenvalue weighted by Crippen LogP contribution is -2.26. The van der Waals surface area contributed by atoms with Crippen molar-refractivity contribution in [3.63, 3.8) is 0 Å². The van der Waals surface area contributed by atoms with E-state index in [0.29, 0.717) is 18.2 Å². The zero-order valence-electron chi connectivity index (χ0n) is 9.92. The fourth-order valence-electron chi connectivity index (χ4n) is 1.18. The number of thioether (sulfide) groups is 1. The predicted octanol–water partition coefficient (Wildman–Crippen LogP) is 3.57. The average molecular weight is 260 g/mol. The highest BCUT2D eigenvalue weighted by atomic mass is 35.5. The molecule has 2 nitrogen and oxygen atoms in total. The normalized spacial score (nSPS) is 11.6. The van der Waals surface area contributed by atoms with Gasteiger partial charge in [0.15, 0.2) is 0 Å². The van der Waals surface area contributed by atoms with Crippen LogP contribution in [0.4, 0.5) is 0 Å². The van der Waals surface area contributed by atoms with Crippen molar-refractivity contribution in [2.24, 2.45) is 5.73 Å². The zero-order valence-corrected chi connectivity index (χ0v) is 11.5. The molecule has 0 radical (unpaired) electrons. The quantitative estimate of drug-likeness (QED) is 0.821. The molecule has 0 amide bonds. The van der Waals surface area contributed by atoms with Gasteiger partial charge in [0.1, 0.15) is 5.75 Å². The molecular formula is C12H18ClNOS. The van der Waals surface area contributed by atoms with E-state index in [-0.39, 0.29) is 4.75 Å².